The van der Waals surface area contributed by atoms with Crippen molar-refractivity contribution in [2.45, 2.75) is 0 Å². The first-order chi connectivity index (χ1) is 14.9. The number of rotatable bonds is 6. The van der Waals surface area contributed by atoms with Crippen molar-refractivity contribution in [2.24, 2.45) is 5.41 Å². The highest BCUT2D eigenvalue weighted by Crippen LogP contribution is 2.34. The van der Waals surface area contributed by atoms with Crippen LogP contribution >= 0.6 is 0 Å². The predicted octanol–water partition coefficient (Wildman–Crippen LogP) is 3.01. The van der Waals surface area contributed by atoms with Crippen molar-refractivity contribution < 1.29 is 28.7 Å². The highest BCUT2D eigenvalue weighted by Gasteiger charge is 2.52. The molecule has 2 amide bonds. The third-order valence-corrected chi connectivity index (χ3v) is 5.48. The standard InChI is InChI=1S/C23H21FN2O5/c1-30-19-8-4-17-11-20(9-5-16(17)10-19)31-14-23(22(28)25-29)12-26(13-23)21(27)15-2-6-18(24)7-3-15/h2-11,29H,12-14H2,1H3,(H,25,28). The van der Waals surface area contributed by atoms with Gasteiger partial charge in [0.2, 0.25) is 0 Å². The van der Waals surface area contributed by atoms with Crippen molar-refractivity contribution in [2.75, 3.05) is 26.8 Å². The molecular formula is C23H21FN2O5. The maximum atomic E-state index is 13.1. The van der Waals surface area contributed by atoms with Crippen LogP contribution in [0.3, 0.4) is 0 Å². The van der Waals surface area contributed by atoms with Crippen LogP contribution in [0.5, 0.6) is 11.5 Å². The molecule has 0 atom stereocenters. The molecule has 1 heterocycles. The lowest BCUT2D eigenvalue weighted by Crippen LogP contribution is -2.66. The molecule has 0 unspecified atom stereocenters. The van der Waals surface area contributed by atoms with Crippen LogP contribution in [0, 0.1) is 11.2 Å². The minimum Gasteiger partial charge on any atom is -0.497 e. The molecule has 160 valence electrons. The Labute approximate surface area is 177 Å². The Bertz CT molecular complexity index is 1130. The van der Waals surface area contributed by atoms with E-state index in [4.69, 9.17) is 9.47 Å². The van der Waals surface area contributed by atoms with Crippen molar-refractivity contribution in [3.63, 3.8) is 0 Å². The minimum atomic E-state index is -1.08. The van der Waals surface area contributed by atoms with Crippen LogP contribution in [0.1, 0.15) is 10.4 Å². The first kappa shape index (κ1) is 20.6. The van der Waals surface area contributed by atoms with Crippen LogP contribution in [0.4, 0.5) is 4.39 Å². The molecule has 3 aromatic carbocycles. The third-order valence-electron chi connectivity index (χ3n) is 5.48. The molecule has 1 aliphatic heterocycles. The number of benzene rings is 3. The Balaban J connectivity index is 1.46. The molecule has 31 heavy (non-hydrogen) atoms. The van der Waals surface area contributed by atoms with Gasteiger partial charge in [-0.1, -0.05) is 12.1 Å². The zero-order valence-electron chi connectivity index (χ0n) is 16.8. The van der Waals surface area contributed by atoms with Gasteiger partial charge < -0.3 is 14.4 Å². The van der Waals surface area contributed by atoms with Gasteiger partial charge in [0.15, 0.2) is 0 Å². The van der Waals surface area contributed by atoms with Gasteiger partial charge in [-0.05, 0) is 59.3 Å². The summed E-state index contributed by atoms with van der Waals surface area (Å²) >= 11 is 0. The van der Waals surface area contributed by atoms with Crippen molar-refractivity contribution in [1.29, 1.82) is 0 Å². The molecular weight excluding hydrogens is 403 g/mol. The second-order valence-electron chi connectivity index (χ2n) is 7.55. The fraction of sp³-hybridized carbons (Fsp3) is 0.217. The van der Waals surface area contributed by atoms with Crippen LogP contribution in [-0.4, -0.2) is 48.7 Å². The van der Waals surface area contributed by atoms with Gasteiger partial charge >= 0.3 is 0 Å². The van der Waals surface area contributed by atoms with E-state index in [0.29, 0.717) is 11.3 Å². The number of fused-ring (bicyclic) bond motifs is 1. The first-order valence-electron chi connectivity index (χ1n) is 9.64. The summed E-state index contributed by atoms with van der Waals surface area (Å²) in [5.41, 5.74) is 0.913. The summed E-state index contributed by atoms with van der Waals surface area (Å²) in [6.07, 6.45) is 0. The number of carbonyl (C=O) groups excluding carboxylic acids is 2. The number of hydroxylamine groups is 1. The van der Waals surface area contributed by atoms with Gasteiger partial charge in [0.25, 0.3) is 11.8 Å². The number of halogens is 1. The Morgan fingerprint density at radius 2 is 1.65 bits per heavy atom. The fourth-order valence-corrected chi connectivity index (χ4v) is 3.66. The quantitative estimate of drug-likeness (QED) is 0.469. The van der Waals surface area contributed by atoms with E-state index in [2.05, 4.69) is 0 Å². The van der Waals surface area contributed by atoms with Gasteiger partial charge in [-0.3, -0.25) is 14.8 Å². The van der Waals surface area contributed by atoms with E-state index in [-0.39, 0.29) is 25.6 Å². The second kappa shape index (κ2) is 8.23. The third kappa shape index (κ3) is 4.02. The van der Waals surface area contributed by atoms with Crippen molar-refractivity contribution >= 4 is 22.6 Å². The van der Waals surface area contributed by atoms with Gasteiger partial charge in [-0.2, -0.15) is 0 Å². The van der Waals surface area contributed by atoms with Crippen molar-refractivity contribution in [3.8, 4) is 11.5 Å². The van der Waals surface area contributed by atoms with E-state index in [1.165, 1.54) is 29.2 Å². The SMILES string of the molecule is COc1ccc2cc(OCC3(C(=O)NO)CN(C(=O)c4ccc(F)cc4)C3)ccc2c1. The molecule has 8 heteroatoms. The minimum absolute atomic E-state index is 0.0196. The molecule has 0 aromatic heterocycles. The summed E-state index contributed by atoms with van der Waals surface area (Å²) in [5.74, 6) is -0.0650. The van der Waals surface area contributed by atoms with Crippen molar-refractivity contribution in [3.05, 3.63) is 72.0 Å². The Kier molecular flexibility index (Phi) is 5.48. The summed E-state index contributed by atoms with van der Waals surface area (Å²) in [7, 11) is 1.60. The molecule has 1 fully saturated rings. The summed E-state index contributed by atoms with van der Waals surface area (Å²) in [4.78, 5) is 26.4. The molecule has 1 saturated heterocycles. The highest BCUT2D eigenvalue weighted by molar-refractivity contribution is 5.96. The zero-order valence-corrected chi connectivity index (χ0v) is 16.8. The molecule has 0 aliphatic carbocycles. The fourth-order valence-electron chi connectivity index (χ4n) is 3.66. The molecule has 1 aliphatic rings. The topological polar surface area (TPSA) is 88.1 Å². The van der Waals surface area contributed by atoms with Gasteiger partial charge in [0.1, 0.15) is 29.3 Å². The van der Waals surface area contributed by atoms with Crippen LogP contribution < -0.4 is 15.0 Å². The molecule has 4 rings (SSSR count). The summed E-state index contributed by atoms with van der Waals surface area (Å²) in [6, 6.07) is 16.4. The number of nitrogens with one attached hydrogen (secondary N) is 1. The lowest BCUT2D eigenvalue weighted by atomic mass is 9.79. The predicted molar refractivity (Wildman–Crippen MR) is 111 cm³/mol. The summed E-state index contributed by atoms with van der Waals surface area (Å²) < 4.78 is 24.2. The molecule has 0 bridgehead atoms. The van der Waals surface area contributed by atoms with Crippen LogP contribution in [0.2, 0.25) is 0 Å². The van der Waals surface area contributed by atoms with Gasteiger partial charge in [-0.15, -0.1) is 0 Å². The number of hydrogen-bond donors (Lipinski definition) is 2. The highest BCUT2D eigenvalue weighted by atomic mass is 19.1. The van der Waals surface area contributed by atoms with Crippen molar-refractivity contribution in [1.82, 2.24) is 10.4 Å². The number of ether oxygens (including phenoxy) is 2. The molecule has 0 spiro atoms. The molecule has 3 aromatic rings. The van der Waals surface area contributed by atoms with E-state index in [1.54, 1.807) is 18.7 Å². The van der Waals surface area contributed by atoms with Gasteiger partial charge in [0.05, 0.1) is 7.11 Å². The lowest BCUT2D eigenvalue weighted by Gasteiger charge is -2.47. The van der Waals surface area contributed by atoms with E-state index >= 15 is 0 Å². The number of likely N-dealkylation sites (tertiary alicyclic amines) is 1. The first-order valence-corrected chi connectivity index (χ1v) is 9.64. The molecule has 7 nitrogen and oxygen atoms in total. The maximum Gasteiger partial charge on any atom is 0.256 e. The smallest absolute Gasteiger partial charge is 0.256 e. The molecule has 0 radical (unpaired) electrons. The van der Waals surface area contributed by atoms with E-state index in [1.807, 2.05) is 30.3 Å². The lowest BCUT2D eigenvalue weighted by molar-refractivity contribution is -0.151. The normalized spacial score (nSPS) is 14.6. The Hall–Kier alpha value is -3.65. The number of methoxy groups -OCH3 is 1. The van der Waals surface area contributed by atoms with Crippen LogP contribution in [0.15, 0.2) is 60.7 Å². The number of hydrogen-bond acceptors (Lipinski definition) is 5. The number of nitrogens with zero attached hydrogens (tertiary/aromatic N) is 1. The Morgan fingerprint density at radius 1 is 1.03 bits per heavy atom. The van der Waals surface area contributed by atoms with E-state index < -0.39 is 17.1 Å². The number of carbonyl (C=O) groups is 2. The second-order valence-corrected chi connectivity index (χ2v) is 7.55. The van der Waals surface area contributed by atoms with Gasteiger partial charge in [0, 0.05) is 18.7 Å². The summed E-state index contributed by atoms with van der Waals surface area (Å²) in [6.45, 7) is 0.120. The zero-order chi connectivity index (χ0) is 22.0. The van der Waals surface area contributed by atoms with Crippen LogP contribution in [-0.2, 0) is 4.79 Å². The van der Waals surface area contributed by atoms with E-state index in [0.717, 1.165) is 16.5 Å². The molecule has 0 saturated carbocycles. The Morgan fingerprint density at radius 3 is 2.26 bits per heavy atom. The van der Waals surface area contributed by atoms with E-state index in [9.17, 15) is 19.2 Å². The summed E-state index contributed by atoms with van der Waals surface area (Å²) in [5, 5.41) is 11.1. The average molecular weight is 424 g/mol. The number of amides is 2. The monoisotopic (exact) mass is 424 g/mol. The largest absolute Gasteiger partial charge is 0.497 e. The maximum absolute atomic E-state index is 13.1. The van der Waals surface area contributed by atoms with Gasteiger partial charge in [-0.25, -0.2) is 9.87 Å². The average Bonchev–Trinajstić information content (AvgIpc) is 2.77. The molecule has 2 N–H and O–H groups in total. The van der Waals surface area contributed by atoms with Crippen LogP contribution in [0.25, 0.3) is 10.8 Å².